The summed E-state index contributed by atoms with van der Waals surface area (Å²) in [6.07, 6.45) is 6.99. The fourth-order valence-corrected chi connectivity index (χ4v) is 5.11. The predicted octanol–water partition coefficient (Wildman–Crippen LogP) is 6.09. The maximum absolute atomic E-state index is 2.48. The SMILES string of the molecule is C[Si+](C1C=CC=C1c1cccc2ccccc12)C(C)(C)C. The van der Waals surface area contributed by atoms with E-state index in [1.54, 1.807) is 0 Å². The lowest BCUT2D eigenvalue weighted by Gasteiger charge is -2.20. The molecule has 0 bridgehead atoms. The van der Waals surface area contributed by atoms with Crippen molar-refractivity contribution in [2.45, 2.75) is 37.9 Å². The molecule has 1 aliphatic carbocycles. The van der Waals surface area contributed by atoms with Crippen molar-refractivity contribution in [2.75, 3.05) is 0 Å². The zero-order chi connectivity index (χ0) is 15.0. The van der Waals surface area contributed by atoms with Gasteiger partial charge in [-0.3, -0.25) is 0 Å². The molecule has 1 unspecified atom stereocenters. The lowest BCUT2D eigenvalue weighted by Crippen LogP contribution is -2.26. The van der Waals surface area contributed by atoms with Gasteiger partial charge in [-0.05, 0) is 48.8 Å². The van der Waals surface area contributed by atoms with Crippen LogP contribution in [0.1, 0.15) is 26.3 Å². The monoisotopic (exact) mass is 291 g/mol. The van der Waals surface area contributed by atoms with Crippen molar-refractivity contribution >= 4 is 25.1 Å². The first-order valence-corrected chi connectivity index (χ1v) is 9.76. The second-order valence-electron chi connectivity index (χ2n) is 6.94. The average Bonchev–Trinajstić information content (AvgIpc) is 2.93. The minimum atomic E-state index is -0.501. The molecule has 0 saturated heterocycles. The summed E-state index contributed by atoms with van der Waals surface area (Å²) in [6.45, 7) is 9.63. The van der Waals surface area contributed by atoms with Gasteiger partial charge in [-0.2, -0.15) is 0 Å². The van der Waals surface area contributed by atoms with E-state index in [1.807, 2.05) is 0 Å². The van der Waals surface area contributed by atoms with Crippen LogP contribution < -0.4 is 0 Å². The van der Waals surface area contributed by atoms with Crippen molar-refractivity contribution in [2.24, 2.45) is 0 Å². The van der Waals surface area contributed by atoms with Crippen LogP contribution >= 0.6 is 0 Å². The Morgan fingerprint density at radius 3 is 2.43 bits per heavy atom. The summed E-state index contributed by atoms with van der Waals surface area (Å²) < 4.78 is 0. The Morgan fingerprint density at radius 2 is 1.67 bits per heavy atom. The van der Waals surface area contributed by atoms with Crippen molar-refractivity contribution in [3.05, 3.63) is 66.3 Å². The van der Waals surface area contributed by atoms with Crippen LogP contribution in [-0.4, -0.2) is 8.80 Å². The largest absolute Gasteiger partial charge is 0.329 e. The second kappa shape index (κ2) is 5.30. The number of hydrogen-bond donors (Lipinski definition) is 0. The van der Waals surface area contributed by atoms with Crippen LogP contribution in [0.5, 0.6) is 0 Å². The molecule has 3 rings (SSSR count). The van der Waals surface area contributed by atoms with Crippen molar-refractivity contribution in [3.63, 3.8) is 0 Å². The molecular weight excluding hydrogens is 268 g/mol. The summed E-state index contributed by atoms with van der Waals surface area (Å²) in [4.78, 5) is 0. The van der Waals surface area contributed by atoms with E-state index >= 15 is 0 Å². The summed E-state index contributed by atoms with van der Waals surface area (Å²) in [5, 5.41) is 3.12. The number of hydrogen-bond acceptors (Lipinski definition) is 0. The van der Waals surface area contributed by atoms with Gasteiger partial charge in [0.25, 0.3) is 0 Å². The average molecular weight is 291 g/mol. The van der Waals surface area contributed by atoms with Gasteiger partial charge in [0.2, 0.25) is 0 Å². The molecule has 106 valence electrons. The fourth-order valence-electron chi connectivity index (χ4n) is 3.06. The van der Waals surface area contributed by atoms with E-state index in [0.717, 1.165) is 0 Å². The summed E-state index contributed by atoms with van der Waals surface area (Å²) in [5.41, 5.74) is 3.54. The van der Waals surface area contributed by atoms with Gasteiger partial charge in [0.1, 0.15) is 5.54 Å². The first kappa shape index (κ1) is 14.3. The molecule has 21 heavy (non-hydrogen) atoms. The second-order valence-corrected chi connectivity index (χ2v) is 10.4. The molecule has 2 aromatic rings. The van der Waals surface area contributed by atoms with Crippen molar-refractivity contribution in [3.8, 4) is 0 Å². The molecule has 1 heteroatoms. The van der Waals surface area contributed by atoms with E-state index in [-0.39, 0.29) is 0 Å². The summed E-state index contributed by atoms with van der Waals surface area (Å²) in [7, 11) is -0.501. The van der Waals surface area contributed by atoms with E-state index in [4.69, 9.17) is 0 Å². The molecule has 0 fully saturated rings. The van der Waals surface area contributed by atoms with Crippen LogP contribution in [-0.2, 0) is 0 Å². The van der Waals surface area contributed by atoms with Crippen LogP contribution in [0.3, 0.4) is 0 Å². The lowest BCUT2D eigenvalue weighted by molar-refractivity contribution is 0.732. The van der Waals surface area contributed by atoms with Crippen molar-refractivity contribution < 1.29 is 0 Å². The normalized spacial score (nSPS) is 18.1. The molecule has 0 aromatic heterocycles. The zero-order valence-corrected chi connectivity index (χ0v) is 14.4. The quantitative estimate of drug-likeness (QED) is 0.587. The molecule has 2 aromatic carbocycles. The van der Waals surface area contributed by atoms with Gasteiger partial charge in [-0.1, -0.05) is 54.6 Å². The van der Waals surface area contributed by atoms with Gasteiger partial charge in [-0.25, -0.2) is 0 Å². The fraction of sp³-hybridized carbons (Fsp3) is 0.300. The van der Waals surface area contributed by atoms with E-state index < -0.39 is 8.80 Å². The standard InChI is InChI=1S/C20H23Si/c1-20(2,3)21(4)19-14-8-13-18(19)17-12-7-10-15-9-5-6-11-16(15)17/h5-14,19H,1-4H3/q+1. The van der Waals surface area contributed by atoms with Crippen LogP contribution in [0, 0.1) is 0 Å². The maximum Gasteiger partial charge on any atom is 0.329 e. The molecule has 0 nitrogen and oxygen atoms in total. The highest BCUT2D eigenvalue weighted by Crippen LogP contribution is 2.45. The smallest absolute Gasteiger partial charge is 0.0626 e. The first-order chi connectivity index (χ1) is 9.98. The van der Waals surface area contributed by atoms with Crippen LogP contribution in [0.2, 0.25) is 17.1 Å². The van der Waals surface area contributed by atoms with Crippen molar-refractivity contribution in [1.82, 2.24) is 0 Å². The van der Waals surface area contributed by atoms with Crippen LogP contribution in [0.4, 0.5) is 0 Å². The third-order valence-electron chi connectivity index (χ3n) is 4.66. The van der Waals surface area contributed by atoms with Gasteiger partial charge in [0.05, 0.1) is 11.6 Å². The molecule has 0 N–H and O–H groups in total. The van der Waals surface area contributed by atoms with E-state index in [9.17, 15) is 0 Å². The number of benzene rings is 2. The van der Waals surface area contributed by atoms with Crippen LogP contribution in [0.25, 0.3) is 16.3 Å². The first-order valence-electron chi connectivity index (χ1n) is 7.69. The molecule has 0 heterocycles. The van der Waals surface area contributed by atoms with Gasteiger partial charge in [0, 0.05) is 0 Å². The maximum atomic E-state index is 2.48. The topological polar surface area (TPSA) is 0 Å². The predicted molar refractivity (Wildman–Crippen MR) is 96.1 cm³/mol. The molecule has 0 spiro atoms. The Hall–Kier alpha value is -1.60. The minimum Gasteiger partial charge on any atom is -0.0626 e. The van der Waals surface area contributed by atoms with E-state index in [0.29, 0.717) is 10.6 Å². The minimum absolute atomic E-state index is 0.410. The number of fused-ring (bicyclic) bond motifs is 1. The van der Waals surface area contributed by atoms with Crippen molar-refractivity contribution in [1.29, 1.82) is 0 Å². The molecule has 0 amide bonds. The Labute approximate surface area is 129 Å². The molecular formula is C20H23Si+. The summed E-state index contributed by atoms with van der Waals surface area (Å²) >= 11 is 0. The molecule has 1 atom stereocenters. The highest BCUT2D eigenvalue weighted by atomic mass is 28.3. The number of allylic oxidation sites excluding steroid dienone is 4. The molecule has 0 radical (unpaired) electrons. The lowest BCUT2D eigenvalue weighted by atomic mass is 9.97. The highest BCUT2D eigenvalue weighted by Gasteiger charge is 2.45. The third-order valence-corrected chi connectivity index (χ3v) is 8.47. The Morgan fingerprint density at radius 1 is 0.952 bits per heavy atom. The molecule has 0 aliphatic heterocycles. The van der Waals surface area contributed by atoms with Crippen LogP contribution in [0.15, 0.2) is 60.7 Å². The van der Waals surface area contributed by atoms with Gasteiger partial charge < -0.3 is 0 Å². The Kier molecular flexibility index (Phi) is 3.62. The third kappa shape index (κ3) is 2.63. The summed E-state index contributed by atoms with van der Waals surface area (Å²) in [5.74, 6) is 0. The number of rotatable bonds is 2. The summed E-state index contributed by atoms with van der Waals surface area (Å²) in [6, 6.07) is 15.4. The molecule has 0 saturated carbocycles. The Balaban J connectivity index is 2.07. The van der Waals surface area contributed by atoms with E-state index in [1.165, 1.54) is 21.9 Å². The van der Waals surface area contributed by atoms with Gasteiger partial charge >= 0.3 is 8.80 Å². The van der Waals surface area contributed by atoms with Gasteiger partial charge in [0.15, 0.2) is 0 Å². The molecule has 1 aliphatic rings. The van der Waals surface area contributed by atoms with Gasteiger partial charge in [-0.15, -0.1) is 0 Å². The highest BCUT2D eigenvalue weighted by molar-refractivity contribution is 6.65. The Bertz CT molecular complexity index is 711. The zero-order valence-electron chi connectivity index (χ0n) is 13.4. The van der Waals surface area contributed by atoms with E-state index in [2.05, 4.69) is 88.0 Å².